The second-order valence-corrected chi connectivity index (χ2v) is 5.44. The normalized spacial score (nSPS) is 12.8. The second kappa shape index (κ2) is 12.5. The van der Waals surface area contributed by atoms with Crippen molar-refractivity contribution in [3.05, 3.63) is 5.92 Å². The molecule has 1 atom stereocenters. The Kier molecular flexibility index (Phi) is 12.1. The van der Waals surface area contributed by atoms with E-state index >= 15 is 0 Å². The zero-order valence-electron chi connectivity index (χ0n) is 12.7. The number of hydrogen-bond donors (Lipinski definition) is 2. The van der Waals surface area contributed by atoms with Crippen molar-refractivity contribution in [2.24, 2.45) is 0 Å². The Balaban J connectivity index is 3.32. The molecule has 0 bridgehead atoms. The van der Waals surface area contributed by atoms with Crippen molar-refractivity contribution >= 4 is 5.97 Å². The van der Waals surface area contributed by atoms with Gasteiger partial charge >= 0.3 is 5.97 Å². The fourth-order valence-corrected chi connectivity index (χ4v) is 2.30. The maximum Gasteiger partial charge on any atom is 0.313 e. The van der Waals surface area contributed by atoms with Gasteiger partial charge in [0.2, 0.25) is 0 Å². The molecule has 2 N–H and O–H groups in total. The summed E-state index contributed by atoms with van der Waals surface area (Å²) >= 11 is 0. The molecule has 3 heteroatoms. The molecule has 0 spiro atoms. The summed E-state index contributed by atoms with van der Waals surface area (Å²) in [5, 5.41) is 18.2. The van der Waals surface area contributed by atoms with Crippen LogP contribution in [0.25, 0.3) is 0 Å². The number of carboxylic acids is 1. The van der Waals surface area contributed by atoms with Crippen molar-refractivity contribution in [3.63, 3.8) is 0 Å². The maximum atomic E-state index is 10.8. The van der Waals surface area contributed by atoms with Gasteiger partial charge in [0.25, 0.3) is 0 Å². The summed E-state index contributed by atoms with van der Waals surface area (Å²) in [6.07, 6.45) is 12.1. The summed E-state index contributed by atoms with van der Waals surface area (Å²) in [7, 11) is 0. The number of hydrogen-bond acceptors (Lipinski definition) is 2. The third-order valence-electron chi connectivity index (χ3n) is 3.58. The van der Waals surface area contributed by atoms with Gasteiger partial charge in [0, 0.05) is 0 Å². The highest BCUT2D eigenvalue weighted by Gasteiger charge is 2.23. The molecule has 0 fully saturated rings. The molecule has 0 aromatic carbocycles. The molecule has 0 aliphatic carbocycles. The number of carbonyl (C=O) groups is 1. The van der Waals surface area contributed by atoms with E-state index in [-0.39, 0.29) is 5.92 Å². The first-order valence-corrected chi connectivity index (χ1v) is 7.86. The van der Waals surface area contributed by atoms with Gasteiger partial charge in [-0.25, -0.2) is 0 Å². The van der Waals surface area contributed by atoms with E-state index in [9.17, 15) is 9.90 Å². The van der Waals surface area contributed by atoms with Crippen LogP contribution in [0.5, 0.6) is 0 Å². The highest BCUT2D eigenvalue weighted by Crippen LogP contribution is 2.18. The lowest BCUT2D eigenvalue weighted by Gasteiger charge is -2.13. The third kappa shape index (κ3) is 11.0. The number of carboxylic acid groups (broad SMARTS) is 1. The topological polar surface area (TPSA) is 57.5 Å². The van der Waals surface area contributed by atoms with Gasteiger partial charge in [-0.2, -0.15) is 0 Å². The molecule has 0 aromatic heterocycles. The Labute approximate surface area is 118 Å². The van der Waals surface area contributed by atoms with Crippen LogP contribution in [0.4, 0.5) is 0 Å². The first kappa shape index (κ1) is 18.4. The summed E-state index contributed by atoms with van der Waals surface area (Å²) in [6.45, 7) is 3.76. The summed E-state index contributed by atoms with van der Waals surface area (Å²) in [5.74, 6) is -0.703. The lowest BCUT2D eigenvalue weighted by atomic mass is 9.96. The van der Waals surface area contributed by atoms with Crippen LogP contribution < -0.4 is 0 Å². The van der Waals surface area contributed by atoms with Crippen LogP contribution in [0.3, 0.4) is 0 Å². The van der Waals surface area contributed by atoms with Gasteiger partial charge in [-0.3, -0.25) is 4.79 Å². The number of aliphatic hydroxyl groups is 1. The predicted octanol–water partition coefficient (Wildman–Crippen LogP) is 4.34. The third-order valence-corrected chi connectivity index (χ3v) is 3.58. The largest absolute Gasteiger partial charge is 0.481 e. The first-order valence-electron chi connectivity index (χ1n) is 7.86. The maximum absolute atomic E-state index is 10.8. The van der Waals surface area contributed by atoms with Gasteiger partial charge < -0.3 is 10.2 Å². The van der Waals surface area contributed by atoms with E-state index in [0.29, 0.717) is 6.42 Å². The van der Waals surface area contributed by atoms with Gasteiger partial charge in [0.1, 0.15) is 5.92 Å². The molecule has 0 saturated heterocycles. The number of rotatable bonds is 13. The van der Waals surface area contributed by atoms with E-state index in [1.807, 2.05) is 0 Å². The minimum atomic E-state index is -0.953. The van der Waals surface area contributed by atoms with E-state index in [4.69, 9.17) is 5.11 Å². The van der Waals surface area contributed by atoms with Crippen LogP contribution in [0.2, 0.25) is 0 Å². The molecule has 3 nitrogen and oxygen atoms in total. The molecular formula is C16H31O3. The molecule has 0 amide bonds. The summed E-state index contributed by atoms with van der Waals surface area (Å²) in [5.41, 5.74) is 0. The van der Waals surface area contributed by atoms with Gasteiger partial charge in [0.05, 0.1) is 6.10 Å². The van der Waals surface area contributed by atoms with E-state index in [1.54, 1.807) is 0 Å². The van der Waals surface area contributed by atoms with Gasteiger partial charge in [-0.05, 0) is 13.3 Å². The molecule has 113 valence electrons. The Morgan fingerprint density at radius 1 is 0.895 bits per heavy atom. The highest BCUT2D eigenvalue weighted by atomic mass is 16.4. The van der Waals surface area contributed by atoms with Crippen LogP contribution in [0, 0.1) is 5.92 Å². The van der Waals surface area contributed by atoms with E-state index in [0.717, 1.165) is 12.8 Å². The summed E-state index contributed by atoms with van der Waals surface area (Å²) in [4.78, 5) is 10.8. The Morgan fingerprint density at radius 3 is 1.68 bits per heavy atom. The van der Waals surface area contributed by atoms with Crippen molar-refractivity contribution < 1.29 is 15.0 Å². The second-order valence-electron chi connectivity index (χ2n) is 5.44. The Morgan fingerprint density at radius 2 is 1.32 bits per heavy atom. The van der Waals surface area contributed by atoms with Crippen LogP contribution in [-0.4, -0.2) is 22.3 Å². The van der Waals surface area contributed by atoms with E-state index in [2.05, 4.69) is 6.92 Å². The molecule has 0 aromatic rings. The number of aliphatic hydroxyl groups excluding tert-OH is 1. The standard InChI is InChI=1S/C16H31O3/c1-3-4-5-6-7-8-9-10-11-12-13-15(14(2)17)16(18)19/h14,17H,3-13H2,1-2H3,(H,18,19). The summed E-state index contributed by atoms with van der Waals surface area (Å²) in [6, 6.07) is 0. The number of aliphatic carboxylic acids is 1. The number of unbranched alkanes of at least 4 members (excludes halogenated alkanes) is 9. The predicted molar refractivity (Wildman–Crippen MR) is 79.0 cm³/mol. The van der Waals surface area contributed by atoms with Crippen LogP contribution in [0.15, 0.2) is 0 Å². The quantitative estimate of drug-likeness (QED) is 0.490. The molecule has 0 saturated carbocycles. The molecule has 1 radical (unpaired) electrons. The lowest BCUT2D eigenvalue weighted by molar-refractivity contribution is -0.136. The van der Waals surface area contributed by atoms with E-state index in [1.165, 1.54) is 58.3 Å². The highest BCUT2D eigenvalue weighted by molar-refractivity contribution is 5.83. The average Bonchev–Trinajstić information content (AvgIpc) is 2.35. The molecule has 0 rings (SSSR count). The van der Waals surface area contributed by atoms with Gasteiger partial charge in [-0.1, -0.05) is 71.1 Å². The molecule has 0 aliphatic heterocycles. The van der Waals surface area contributed by atoms with Crippen LogP contribution in [-0.2, 0) is 4.79 Å². The zero-order valence-corrected chi connectivity index (χ0v) is 12.7. The Hall–Kier alpha value is -0.570. The molecule has 0 heterocycles. The lowest BCUT2D eigenvalue weighted by Crippen LogP contribution is -2.23. The molecule has 0 aliphatic rings. The van der Waals surface area contributed by atoms with Crippen molar-refractivity contribution in [1.29, 1.82) is 0 Å². The fourth-order valence-electron chi connectivity index (χ4n) is 2.30. The minimum Gasteiger partial charge on any atom is -0.481 e. The van der Waals surface area contributed by atoms with Crippen molar-refractivity contribution in [2.45, 2.75) is 90.6 Å². The van der Waals surface area contributed by atoms with Gasteiger partial charge in [0.15, 0.2) is 0 Å². The van der Waals surface area contributed by atoms with Crippen molar-refractivity contribution in [1.82, 2.24) is 0 Å². The average molecular weight is 271 g/mol. The van der Waals surface area contributed by atoms with Crippen molar-refractivity contribution in [3.8, 4) is 0 Å². The SMILES string of the molecule is CCCCCCCCCCCC[C](C(=O)O)C(C)O. The molecule has 19 heavy (non-hydrogen) atoms. The fraction of sp³-hybridized carbons (Fsp3) is 0.875. The monoisotopic (exact) mass is 271 g/mol. The first-order chi connectivity index (χ1) is 9.09. The van der Waals surface area contributed by atoms with Crippen LogP contribution >= 0.6 is 0 Å². The zero-order chi connectivity index (χ0) is 14.5. The molecule has 1 unspecified atom stereocenters. The van der Waals surface area contributed by atoms with Crippen LogP contribution in [0.1, 0.15) is 84.5 Å². The van der Waals surface area contributed by atoms with Gasteiger partial charge in [-0.15, -0.1) is 0 Å². The van der Waals surface area contributed by atoms with Crippen molar-refractivity contribution in [2.75, 3.05) is 0 Å². The minimum absolute atomic E-state index is 0.250. The Bertz CT molecular complexity index is 214. The molecular weight excluding hydrogens is 240 g/mol. The smallest absolute Gasteiger partial charge is 0.313 e. The van der Waals surface area contributed by atoms with E-state index < -0.39 is 12.1 Å². The summed E-state index contributed by atoms with van der Waals surface area (Å²) < 4.78 is 0.